The van der Waals surface area contributed by atoms with E-state index in [1.165, 1.54) is 16.7 Å². The van der Waals surface area contributed by atoms with E-state index in [9.17, 15) is 19.5 Å². The highest BCUT2D eigenvalue weighted by Gasteiger charge is 2.61. The summed E-state index contributed by atoms with van der Waals surface area (Å²) in [6, 6.07) is 6.98. The molecular weight excluding hydrogens is 368 g/mol. The summed E-state index contributed by atoms with van der Waals surface area (Å²) in [7, 11) is 0. The van der Waals surface area contributed by atoms with Gasteiger partial charge in [0.2, 0.25) is 5.91 Å². The van der Waals surface area contributed by atoms with Gasteiger partial charge >= 0.3 is 5.97 Å². The van der Waals surface area contributed by atoms with Crippen LogP contribution in [0, 0.1) is 0 Å². The molecule has 2 fully saturated rings. The first kappa shape index (κ1) is 17.9. The van der Waals surface area contributed by atoms with Gasteiger partial charge in [0.25, 0.3) is 5.91 Å². The number of β-lactam (4-membered cyclic amide) rings is 1. The Bertz CT molecular complexity index is 699. The largest absolute Gasteiger partial charge is 0.484 e. The highest BCUT2D eigenvalue weighted by Crippen LogP contribution is 2.44. The van der Waals surface area contributed by atoms with Crippen molar-refractivity contribution >= 4 is 41.1 Å². The molecule has 25 heavy (non-hydrogen) atoms. The lowest BCUT2D eigenvalue weighted by Crippen LogP contribution is -2.78. The van der Waals surface area contributed by atoms with Crippen LogP contribution in [0.25, 0.3) is 0 Å². The van der Waals surface area contributed by atoms with Gasteiger partial charge in [0.15, 0.2) is 6.61 Å². The van der Waals surface area contributed by atoms with Crippen molar-refractivity contribution in [2.75, 3.05) is 12.4 Å². The number of carboxylic acid groups (broad SMARTS) is 1. The van der Waals surface area contributed by atoms with E-state index < -0.39 is 40.1 Å². The molecule has 2 N–H and O–H groups in total. The maximum atomic E-state index is 12.3. The third-order valence-corrected chi connectivity index (χ3v) is 6.23. The predicted molar refractivity (Wildman–Crippen MR) is 92.6 cm³/mol. The molecule has 2 saturated heterocycles. The molecule has 1 aromatic rings. The lowest BCUT2D eigenvalue weighted by molar-refractivity contribution is -0.164. The van der Waals surface area contributed by atoms with Crippen LogP contribution >= 0.6 is 23.4 Å². The number of thioether (sulfide) groups is 1. The molecular formula is C16H17ClN2O5S. The van der Waals surface area contributed by atoms with Crippen molar-refractivity contribution in [3.63, 3.8) is 0 Å². The number of aliphatic carboxylic acids is 1. The van der Waals surface area contributed by atoms with Gasteiger partial charge in [0, 0.05) is 5.75 Å². The quantitative estimate of drug-likeness (QED) is 0.579. The first-order chi connectivity index (χ1) is 11.8. The summed E-state index contributed by atoms with van der Waals surface area (Å²) < 4.78 is 5.34. The Hall–Kier alpha value is -1.93. The van der Waals surface area contributed by atoms with Crippen molar-refractivity contribution in [2.45, 2.75) is 29.3 Å². The van der Waals surface area contributed by atoms with Crippen LogP contribution in [0.5, 0.6) is 5.75 Å². The Morgan fingerprint density at radius 1 is 1.44 bits per heavy atom. The topological polar surface area (TPSA) is 95.9 Å². The number of ether oxygens (including phenoxy) is 1. The second-order valence-corrected chi connectivity index (χ2v) is 8.08. The summed E-state index contributed by atoms with van der Waals surface area (Å²) >= 11 is 7.62. The zero-order valence-electron chi connectivity index (χ0n) is 13.3. The van der Waals surface area contributed by atoms with E-state index in [1.54, 1.807) is 31.2 Å². The van der Waals surface area contributed by atoms with Crippen LogP contribution < -0.4 is 10.1 Å². The standard InChI is InChI=1S/C16H17ClN2O5S/c1-16(17)8-25-14-11(13(21)19(14)12(16)15(22)23)18-10(20)7-24-9-5-3-2-4-6-9/h2-6,11-12,14H,7-8H2,1H3,(H,18,20)(H,22,23)/t11-,12+,14+,16-/m1/s1. The van der Waals surface area contributed by atoms with Crippen LogP contribution in [0.3, 0.4) is 0 Å². The van der Waals surface area contributed by atoms with Crippen LogP contribution in [0.2, 0.25) is 0 Å². The molecule has 2 aliphatic rings. The van der Waals surface area contributed by atoms with Crippen LogP contribution in [0.15, 0.2) is 30.3 Å². The van der Waals surface area contributed by atoms with Gasteiger partial charge in [-0.05, 0) is 19.1 Å². The van der Waals surface area contributed by atoms with Crippen LogP contribution in [-0.2, 0) is 14.4 Å². The molecule has 2 amide bonds. The number of halogens is 1. The molecule has 7 nitrogen and oxygen atoms in total. The number of nitrogens with zero attached hydrogens (tertiary/aromatic N) is 1. The molecule has 0 radical (unpaired) electrons. The SMILES string of the molecule is C[C@@]1(Cl)CS[C@H]2[C@H](NC(=O)COc3ccccc3)C(=O)N2[C@H]1C(=O)O. The second kappa shape index (κ2) is 6.76. The lowest BCUT2D eigenvalue weighted by atomic mass is 9.94. The maximum absolute atomic E-state index is 12.3. The van der Waals surface area contributed by atoms with Crippen molar-refractivity contribution in [2.24, 2.45) is 0 Å². The predicted octanol–water partition coefficient (Wildman–Crippen LogP) is 0.916. The maximum Gasteiger partial charge on any atom is 0.328 e. The van der Waals surface area contributed by atoms with Gasteiger partial charge in [-0.15, -0.1) is 23.4 Å². The molecule has 134 valence electrons. The van der Waals surface area contributed by atoms with Crippen LogP contribution in [0.1, 0.15) is 6.92 Å². The van der Waals surface area contributed by atoms with E-state index in [1.807, 2.05) is 6.07 Å². The average Bonchev–Trinajstić information content (AvgIpc) is 2.57. The normalized spacial score (nSPS) is 30.9. The third-order valence-electron chi connectivity index (χ3n) is 4.13. The number of para-hydroxylation sites is 1. The molecule has 2 heterocycles. The van der Waals surface area contributed by atoms with E-state index in [0.717, 1.165) is 0 Å². The van der Waals surface area contributed by atoms with Crippen molar-refractivity contribution < 1.29 is 24.2 Å². The molecule has 0 aromatic heterocycles. The zero-order chi connectivity index (χ0) is 18.2. The minimum atomic E-state index is -1.15. The van der Waals surface area contributed by atoms with Gasteiger partial charge in [-0.25, -0.2) is 4.79 Å². The van der Waals surface area contributed by atoms with E-state index in [-0.39, 0.29) is 6.61 Å². The Morgan fingerprint density at radius 2 is 2.12 bits per heavy atom. The highest BCUT2D eigenvalue weighted by atomic mass is 35.5. The van der Waals surface area contributed by atoms with Gasteiger partial charge in [-0.3, -0.25) is 9.59 Å². The molecule has 3 rings (SSSR count). The second-order valence-electron chi connectivity index (χ2n) is 6.11. The van der Waals surface area contributed by atoms with Crippen molar-refractivity contribution in [1.82, 2.24) is 10.2 Å². The van der Waals surface area contributed by atoms with Crippen molar-refractivity contribution in [1.29, 1.82) is 0 Å². The molecule has 0 unspecified atom stereocenters. The summed E-state index contributed by atoms with van der Waals surface area (Å²) in [5, 5.41) is 11.6. The Balaban J connectivity index is 1.59. The molecule has 0 bridgehead atoms. The fourth-order valence-corrected chi connectivity index (χ4v) is 4.75. The molecule has 9 heteroatoms. The molecule has 4 atom stereocenters. The number of carbonyl (C=O) groups is 3. The highest BCUT2D eigenvalue weighted by molar-refractivity contribution is 8.00. The zero-order valence-corrected chi connectivity index (χ0v) is 14.9. The van der Waals surface area contributed by atoms with Crippen LogP contribution in [-0.4, -0.2) is 62.5 Å². The first-order valence-corrected chi connectivity index (χ1v) is 9.06. The number of benzene rings is 1. The Labute approximate surface area is 153 Å². The molecule has 0 aliphatic carbocycles. The fraction of sp³-hybridized carbons (Fsp3) is 0.438. The minimum absolute atomic E-state index is 0.221. The average molecular weight is 385 g/mol. The number of nitrogens with one attached hydrogen (secondary N) is 1. The number of alkyl halides is 1. The number of fused-ring (bicyclic) bond motifs is 1. The first-order valence-electron chi connectivity index (χ1n) is 7.64. The van der Waals surface area contributed by atoms with Gasteiger partial charge < -0.3 is 20.1 Å². The van der Waals surface area contributed by atoms with Crippen molar-refractivity contribution in [3.8, 4) is 5.75 Å². The monoisotopic (exact) mass is 384 g/mol. The van der Waals surface area contributed by atoms with E-state index in [4.69, 9.17) is 16.3 Å². The number of hydrogen-bond acceptors (Lipinski definition) is 5. The van der Waals surface area contributed by atoms with Gasteiger partial charge in [0.1, 0.15) is 23.2 Å². The Morgan fingerprint density at radius 3 is 2.76 bits per heavy atom. The smallest absolute Gasteiger partial charge is 0.328 e. The van der Waals surface area contributed by atoms with Crippen LogP contribution in [0.4, 0.5) is 0 Å². The minimum Gasteiger partial charge on any atom is -0.484 e. The molecule has 2 aliphatic heterocycles. The summed E-state index contributed by atoms with van der Waals surface area (Å²) in [5.41, 5.74) is 0. The molecule has 0 spiro atoms. The van der Waals surface area contributed by atoms with E-state index in [2.05, 4.69) is 5.32 Å². The number of amides is 2. The Kier molecular flexibility index (Phi) is 4.83. The summed E-state index contributed by atoms with van der Waals surface area (Å²) in [6.45, 7) is 1.38. The summed E-state index contributed by atoms with van der Waals surface area (Å²) in [4.78, 5) is 36.1. The third kappa shape index (κ3) is 3.41. The van der Waals surface area contributed by atoms with E-state index >= 15 is 0 Å². The summed E-state index contributed by atoms with van der Waals surface area (Å²) in [6.07, 6.45) is 0. The summed E-state index contributed by atoms with van der Waals surface area (Å²) in [5.74, 6) is -1.10. The number of carbonyl (C=O) groups excluding carboxylic acids is 2. The molecule has 1 aromatic carbocycles. The number of carboxylic acids is 1. The molecule has 0 saturated carbocycles. The van der Waals surface area contributed by atoms with E-state index in [0.29, 0.717) is 11.5 Å². The number of rotatable bonds is 5. The number of hydrogen-bond donors (Lipinski definition) is 2. The van der Waals surface area contributed by atoms with Gasteiger partial charge in [-0.1, -0.05) is 18.2 Å². The van der Waals surface area contributed by atoms with Gasteiger partial charge in [-0.2, -0.15) is 0 Å². The van der Waals surface area contributed by atoms with Gasteiger partial charge in [0.05, 0.1) is 4.87 Å². The lowest BCUT2D eigenvalue weighted by Gasteiger charge is -2.55. The van der Waals surface area contributed by atoms with Crippen molar-refractivity contribution in [3.05, 3.63) is 30.3 Å². The fourth-order valence-electron chi connectivity index (χ4n) is 2.94.